The first-order valence-electron chi connectivity index (χ1n) is 10.5. The third kappa shape index (κ3) is 4.99. The molecule has 0 aliphatic carbocycles. The summed E-state index contributed by atoms with van der Waals surface area (Å²) in [5.41, 5.74) is 7.28. The summed E-state index contributed by atoms with van der Waals surface area (Å²) in [6.45, 7) is 1.04. The Morgan fingerprint density at radius 2 is 1.81 bits per heavy atom. The van der Waals surface area contributed by atoms with E-state index in [1.54, 1.807) is 17.0 Å². The first-order valence-corrected chi connectivity index (χ1v) is 11.5. The topological polar surface area (TPSA) is 94.1 Å². The Hall–Kier alpha value is -3.20. The predicted octanol–water partition coefficient (Wildman–Crippen LogP) is 3.09. The lowest BCUT2D eigenvalue weighted by Crippen LogP contribution is -2.51. The maximum absolute atomic E-state index is 13.4. The summed E-state index contributed by atoms with van der Waals surface area (Å²) in [4.78, 5) is 26.2. The molecule has 1 aliphatic heterocycles. The van der Waals surface area contributed by atoms with Gasteiger partial charge in [0, 0.05) is 12.1 Å². The number of benzene rings is 2. The zero-order valence-electron chi connectivity index (χ0n) is 17.5. The second-order valence-electron chi connectivity index (χ2n) is 7.67. The van der Waals surface area contributed by atoms with Crippen molar-refractivity contribution in [2.45, 2.75) is 37.0 Å². The van der Waals surface area contributed by atoms with Crippen molar-refractivity contribution in [3.8, 4) is 11.4 Å². The molecule has 4 rings (SSSR count). The van der Waals surface area contributed by atoms with Crippen molar-refractivity contribution in [1.29, 1.82) is 0 Å². The molecule has 1 saturated heterocycles. The number of rotatable bonds is 7. The number of halogens is 1. The van der Waals surface area contributed by atoms with Gasteiger partial charge in [-0.3, -0.25) is 14.2 Å². The molecule has 2 N–H and O–H groups in total. The van der Waals surface area contributed by atoms with Crippen molar-refractivity contribution < 1.29 is 14.0 Å². The van der Waals surface area contributed by atoms with Crippen LogP contribution in [0, 0.1) is 5.82 Å². The molecule has 1 aromatic heterocycles. The van der Waals surface area contributed by atoms with Crippen LogP contribution in [-0.4, -0.2) is 49.8 Å². The molecule has 1 fully saturated rings. The number of primary amides is 1. The van der Waals surface area contributed by atoms with Crippen molar-refractivity contribution >= 4 is 23.6 Å². The van der Waals surface area contributed by atoms with E-state index in [0.717, 1.165) is 24.0 Å². The highest BCUT2D eigenvalue weighted by molar-refractivity contribution is 7.99. The molecular weight excluding hydrogens is 429 g/mol. The van der Waals surface area contributed by atoms with E-state index in [2.05, 4.69) is 10.2 Å². The lowest BCUT2D eigenvalue weighted by molar-refractivity contribution is -0.138. The van der Waals surface area contributed by atoms with Crippen LogP contribution in [0.25, 0.3) is 11.4 Å². The molecule has 0 bridgehead atoms. The van der Waals surface area contributed by atoms with Crippen LogP contribution in [0.2, 0.25) is 0 Å². The molecule has 2 heterocycles. The molecular formula is C23H24FN5O2S. The zero-order valence-corrected chi connectivity index (χ0v) is 18.3. The number of thioether (sulfide) groups is 1. The van der Waals surface area contributed by atoms with Gasteiger partial charge in [0.2, 0.25) is 11.8 Å². The number of carbonyl (C=O) groups is 2. The lowest BCUT2D eigenvalue weighted by atomic mass is 10.0. The number of hydrogen-bond acceptors (Lipinski definition) is 5. The Morgan fingerprint density at radius 3 is 2.53 bits per heavy atom. The van der Waals surface area contributed by atoms with Gasteiger partial charge in [-0.1, -0.05) is 42.1 Å². The standard InChI is InChI=1S/C23H24FN5O2S/c24-18-11-9-17(10-12-18)22-26-27-23(29(22)14-16-6-2-1-3-7-16)32-15-20(30)28-13-5-4-8-19(28)21(25)31/h1-3,6-7,9-12,19H,4-5,8,13-15H2,(H2,25,31). The Kier molecular flexibility index (Phi) is 6.84. The largest absolute Gasteiger partial charge is 0.368 e. The molecule has 2 amide bonds. The molecule has 0 saturated carbocycles. The van der Waals surface area contributed by atoms with E-state index >= 15 is 0 Å². The van der Waals surface area contributed by atoms with Crippen molar-refractivity contribution in [1.82, 2.24) is 19.7 Å². The second-order valence-corrected chi connectivity index (χ2v) is 8.62. The molecule has 32 heavy (non-hydrogen) atoms. The highest BCUT2D eigenvalue weighted by Crippen LogP contribution is 2.26. The van der Waals surface area contributed by atoms with Crippen LogP contribution >= 0.6 is 11.8 Å². The minimum absolute atomic E-state index is 0.125. The number of hydrogen-bond donors (Lipinski definition) is 1. The van der Waals surface area contributed by atoms with Gasteiger partial charge in [-0.2, -0.15) is 0 Å². The highest BCUT2D eigenvalue weighted by atomic mass is 32.2. The minimum Gasteiger partial charge on any atom is -0.368 e. The first kappa shape index (κ1) is 22.0. The summed E-state index contributed by atoms with van der Waals surface area (Å²) in [7, 11) is 0. The monoisotopic (exact) mass is 453 g/mol. The molecule has 3 aromatic rings. The van der Waals surface area contributed by atoms with E-state index in [9.17, 15) is 14.0 Å². The van der Waals surface area contributed by atoms with Gasteiger partial charge in [-0.05, 0) is 49.1 Å². The summed E-state index contributed by atoms with van der Waals surface area (Å²) in [5.74, 6) is -0.212. The number of aromatic nitrogens is 3. The fraction of sp³-hybridized carbons (Fsp3) is 0.304. The molecule has 1 aliphatic rings. The summed E-state index contributed by atoms with van der Waals surface area (Å²) in [6, 6.07) is 15.4. The van der Waals surface area contributed by atoms with Crippen molar-refractivity contribution in [3.63, 3.8) is 0 Å². The average Bonchev–Trinajstić information content (AvgIpc) is 3.21. The molecule has 2 aromatic carbocycles. The minimum atomic E-state index is -0.547. The van der Waals surface area contributed by atoms with E-state index in [4.69, 9.17) is 5.73 Å². The van der Waals surface area contributed by atoms with Crippen LogP contribution in [0.4, 0.5) is 4.39 Å². The fourth-order valence-electron chi connectivity index (χ4n) is 3.85. The number of likely N-dealkylation sites (tertiary alicyclic amines) is 1. The van der Waals surface area contributed by atoms with Gasteiger partial charge in [0.1, 0.15) is 11.9 Å². The van der Waals surface area contributed by atoms with Crippen molar-refractivity contribution in [3.05, 3.63) is 66.0 Å². The third-order valence-electron chi connectivity index (χ3n) is 5.48. The van der Waals surface area contributed by atoms with Crippen molar-refractivity contribution in [2.75, 3.05) is 12.3 Å². The van der Waals surface area contributed by atoms with Gasteiger partial charge >= 0.3 is 0 Å². The predicted molar refractivity (Wildman–Crippen MR) is 120 cm³/mol. The molecule has 166 valence electrons. The van der Waals surface area contributed by atoms with Crippen molar-refractivity contribution in [2.24, 2.45) is 5.73 Å². The van der Waals surface area contributed by atoms with Crippen LogP contribution in [-0.2, 0) is 16.1 Å². The SMILES string of the molecule is NC(=O)C1CCCCN1C(=O)CSc1nnc(-c2ccc(F)cc2)n1Cc1ccccc1. The third-order valence-corrected chi connectivity index (χ3v) is 6.43. The number of nitrogens with two attached hydrogens (primary N) is 1. The van der Waals surface area contributed by atoms with Crippen LogP contribution in [0.5, 0.6) is 0 Å². The van der Waals surface area contributed by atoms with Crippen LogP contribution in [0.3, 0.4) is 0 Å². The van der Waals surface area contributed by atoms with Gasteiger partial charge < -0.3 is 10.6 Å². The number of piperidine rings is 1. The van der Waals surface area contributed by atoms with Gasteiger partial charge in [0.25, 0.3) is 0 Å². The summed E-state index contributed by atoms with van der Waals surface area (Å²) in [6.07, 6.45) is 2.35. The summed E-state index contributed by atoms with van der Waals surface area (Å²) in [5, 5.41) is 9.20. The highest BCUT2D eigenvalue weighted by Gasteiger charge is 2.30. The van der Waals surface area contributed by atoms with Gasteiger partial charge in [0.05, 0.1) is 12.3 Å². The molecule has 0 spiro atoms. The normalized spacial score (nSPS) is 16.2. The summed E-state index contributed by atoms with van der Waals surface area (Å²) >= 11 is 1.27. The maximum Gasteiger partial charge on any atom is 0.240 e. The maximum atomic E-state index is 13.4. The van der Waals surface area contributed by atoms with E-state index in [1.807, 2.05) is 34.9 Å². The smallest absolute Gasteiger partial charge is 0.240 e. The Morgan fingerprint density at radius 1 is 1.06 bits per heavy atom. The first-order chi connectivity index (χ1) is 15.5. The molecule has 9 heteroatoms. The van der Waals surface area contributed by atoms with E-state index in [1.165, 1.54) is 23.9 Å². The number of amides is 2. The lowest BCUT2D eigenvalue weighted by Gasteiger charge is -2.33. The Labute approximate surface area is 189 Å². The molecule has 0 radical (unpaired) electrons. The Balaban J connectivity index is 1.57. The van der Waals surface area contributed by atoms with Gasteiger partial charge in [-0.25, -0.2) is 4.39 Å². The molecule has 7 nitrogen and oxygen atoms in total. The second kappa shape index (κ2) is 9.95. The number of nitrogens with zero attached hydrogens (tertiary/aromatic N) is 4. The zero-order chi connectivity index (χ0) is 22.5. The quantitative estimate of drug-likeness (QED) is 0.555. The summed E-state index contributed by atoms with van der Waals surface area (Å²) < 4.78 is 15.3. The van der Waals surface area contributed by atoms with E-state index in [-0.39, 0.29) is 17.5 Å². The molecule has 1 atom stereocenters. The average molecular weight is 454 g/mol. The van der Waals surface area contributed by atoms with Gasteiger partial charge in [-0.15, -0.1) is 10.2 Å². The van der Waals surface area contributed by atoms with Gasteiger partial charge in [0.15, 0.2) is 11.0 Å². The van der Waals surface area contributed by atoms with Crippen LogP contribution in [0.15, 0.2) is 59.8 Å². The fourth-order valence-corrected chi connectivity index (χ4v) is 4.68. The van der Waals surface area contributed by atoms with Crippen LogP contribution < -0.4 is 5.73 Å². The molecule has 1 unspecified atom stereocenters. The van der Waals surface area contributed by atoms with E-state index < -0.39 is 11.9 Å². The number of carbonyl (C=O) groups excluding carboxylic acids is 2. The van der Waals surface area contributed by atoms with Crippen LogP contribution in [0.1, 0.15) is 24.8 Å². The van der Waals surface area contributed by atoms with E-state index in [0.29, 0.717) is 30.5 Å². The Bertz CT molecular complexity index is 1090.